The molecule has 1 aliphatic carbocycles. The van der Waals surface area contributed by atoms with Crippen molar-refractivity contribution in [3.05, 3.63) is 64.7 Å². The summed E-state index contributed by atoms with van der Waals surface area (Å²) >= 11 is 0. The van der Waals surface area contributed by atoms with Crippen LogP contribution in [0.25, 0.3) is 0 Å². The lowest BCUT2D eigenvalue weighted by Gasteiger charge is -2.26. The molecule has 0 saturated heterocycles. The van der Waals surface area contributed by atoms with Gasteiger partial charge in [-0.15, -0.1) is 0 Å². The van der Waals surface area contributed by atoms with E-state index in [1.54, 1.807) is 0 Å². The molecule has 0 radical (unpaired) electrons. The molecule has 2 aromatic rings. The number of hydrogen-bond donors (Lipinski definition) is 3. The molecule has 1 aliphatic rings. The van der Waals surface area contributed by atoms with Gasteiger partial charge in [0.05, 0.1) is 6.04 Å². The number of nitrogens with one attached hydrogen (secondary N) is 2. The summed E-state index contributed by atoms with van der Waals surface area (Å²) in [6, 6.07) is 13.5. The van der Waals surface area contributed by atoms with Crippen LogP contribution in [-0.2, 0) is 16.6 Å². The van der Waals surface area contributed by atoms with E-state index in [-0.39, 0.29) is 29.7 Å². The Bertz CT molecular complexity index is 882. The molecule has 29 heavy (non-hydrogen) atoms. The molecule has 5 heteroatoms. The van der Waals surface area contributed by atoms with Gasteiger partial charge in [0.25, 0.3) is 5.91 Å². The number of anilines is 1. The van der Waals surface area contributed by atoms with Gasteiger partial charge in [-0.3, -0.25) is 9.59 Å². The van der Waals surface area contributed by atoms with Crippen LogP contribution in [0.5, 0.6) is 0 Å². The molecule has 0 saturated carbocycles. The van der Waals surface area contributed by atoms with Gasteiger partial charge in [-0.05, 0) is 65.6 Å². The summed E-state index contributed by atoms with van der Waals surface area (Å²) < 4.78 is 0. The predicted molar refractivity (Wildman–Crippen MR) is 117 cm³/mol. The Balaban J connectivity index is 1.49. The van der Waals surface area contributed by atoms with E-state index in [2.05, 4.69) is 31.4 Å². The number of nitrogen functional groups attached to an aromatic ring is 1. The topological polar surface area (TPSA) is 84.2 Å². The van der Waals surface area contributed by atoms with E-state index in [1.165, 1.54) is 11.1 Å². The van der Waals surface area contributed by atoms with Gasteiger partial charge in [0, 0.05) is 24.2 Å². The molecule has 0 spiro atoms. The molecule has 2 amide bonds. The van der Waals surface area contributed by atoms with Crippen molar-refractivity contribution >= 4 is 17.5 Å². The van der Waals surface area contributed by atoms with Crippen molar-refractivity contribution in [2.24, 2.45) is 0 Å². The minimum atomic E-state index is -0.156. The number of carbonyl (C=O) groups is 2. The van der Waals surface area contributed by atoms with Gasteiger partial charge < -0.3 is 16.4 Å². The van der Waals surface area contributed by atoms with E-state index in [4.69, 9.17) is 5.73 Å². The second-order valence-electron chi connectivity index (χ2n) is 8.80. The van der Waals surface area contributed by atoms with Crippen molar-refractivity contribution in [2.45, 2.75) is 57.9 Å². The summed E-state index contributed by atoms with van der Waals surface area (Å²) in [5.74, 6) is -0.209. The van der Waals surface area contributed by atoms with Crippen molar-refractivity contribution in [3.8, 4) is 0 Å². The highest BCUT2D eigenvalue weighted by Gasteiger charge is 2.22. The minimum Gasteiger partial charge on any atom is -0.399 e. The number of amides is 2. The summed E-state index contributed by atoms with van der Waals surface area (Å²) in [5.41, 5.74) is 10.8. The lowest BCUT2D eigenvalue weighted by Crippen LogP contribution is -2.34. The van der Waals surface area contributed by atoms with Crippen molar-refractivity contribution in [3.63, 3.8) is 0 Å². The Labute approximate surface area is 173 Å². The summed E-state index contributed by atoms with van der Waals surface area (Å²) in [5, 5.41) is 5.94. The highest BCUT2D eigenvalue weighted by Crippen LogP contribution is 2.31. The molecule has 1 atom stereocenters. The Morgan fingerprint density at radius 3 is 2.52 bits per heavy atom. The number of rotatable bonds is 5. The average Bonchev–Trinajstić information content (AvgIpc) is 2.67. The summed E-state index contributed by atoms with van der Waals surface area (Å²) in [6.07, 6.45) is 3.21. The summed E-state index contributed by atoms with van der Waals surface area (Å²) in [7, 11) is 0. The van der Waals surface area contributed by atoms with Crippen molar-refractivity contribution in [1.82, 2.24) is 10.6 Å². The predicted octanol–water partition coefficient (Wildman–Crippen LogP) is 3.88. The number of nitrogens with two attached hydrogens (primary N) is 1. The third-order valence-electron chi connectivity index (χ3n) is 5.47. The molecule has 0 bridgehead atoms. The van der Waals surface area contributed by atoms with Gasteiger partial charge in [0.15, 0.2) is 0 Å². The molecule has 1 unspecified atom stereocenters. The first kappa shape index (κ1) is 20.9. The largest absolute Gasteiger partial charge is 0.399 e. The van der Waals surface area contributed by atoms with E-state index in [9.17, 15) is 9.59 Å². The van der Waals surface area contributed by atoms with Crippen molar-refractivity contribution in [1.29, 1.82) is 0 Å². The Morgan fingerprint density at radius 1 is 1.10 bits per heavy atom. The second-order valence-corrected chi connectivity index (χ2v) is 8.80. The van der Waals surface area contributed by atoms with Gasteiger partial charge >= 0.3 is 0 Å². The molecule has 0 heterocycles. The van der Waals surface area contributed by atoms with Gasteiger partial charge in [0.2, 0.25) is 5.91 Å². The van der Waals surface area contributed by atoms with Crippen LogP contribution in [0.4, 0.5) is 5.69 Å². The first-order chi connectivity index (χ1) is 13.7. The molecule has 4 N–H and O–H groups in total. The van der Waals surface area contributed by atoms with Gasteiger partial charge in [-0.1, -0.05) is 39.0 Å². The van der Waals surface area contributed by atoms with Crippen LogP contribution >= 0.6 is 0 Å². The number of carbonyl (C=O) groups excluding carboxylic acids is 2. The van der Waals surface area contributed by atoms with Crippen LogP contribution in [-0.4, -0.2) is 18.4 Å². The van der Waals surface area contributed by atoms with Crippen LogP contribution in [0.15, 0.2) is 42.5 Å². The maximum Gasteiger partial charge on any atom is 0.251 e. The normalized spacial score (nSPS) is 16.0. The van der Waals surface area contributed by atoms with Crippen LogP contribution in [0.1, 0.15) is 73.1 Å². The fraction of sp³-hybridized carbons (Fsp3) is 0.417. The Hall–Kier alpha value is -2.82. The third-order valence-corrected chi connectivity index (χ3v) is 5.47. The zero-order valence-electron chi connectivity index (χ0n) is 17.5. The number of fused-ring (bicyclic) bond motifs is 1. The van der Waals surface area contributed by atoms with E-state index >= 15 is 0 Å². The average molecular weight is 394 g/mol. The minimum absolute atomic E-state index is 0.0208. The smallest absolute Gasteiger partial charge is 0.251 e. The van der Waals surface area contributed by atoms with E-state index in [0.29, 0.717) is 12.1 Å². The second kappa shape index (κ2) is 8.68. The quantitative estimate of drug-likeness (QED) is 0.674. The molecule has 154 valence electrons. The van der Waals surface area contributed by atoms with Crippen LogP contribution < -0.4 is 16.4 Å². The number of aryl methyl sites for hydroxylation is 1. The van der Waals surface area contributed by atoms with Crippen molar-refractivity contribution < 1.29 is 9.59 Å². The number of hydrogen-bond acceptors (Lipinski definition) is 3. The first-order valence-electron chi connectivity index (χ1n) is 10.3. The molecule has 5 nitrogen and oxygen atoms in total. The molecular weight excluding hydrogens is 362 g/mol. The highest BCUT2D eigenvalue weighted by atomic mass is 16.2. The van der Waals surface area contributed by atoms with Crippen LogP contribution in [0.3, 0.4) is 0 Å². The first-order valence-corrected chi connectivity index (χ1v) is 10.3. The standard InChI is InChI=1S/C24H31N3O2/c1-24(2,3)18-9-7-16(8-10-18)23(29)26-14-13-22(28)27-21-6-4-5-17-15-19(25)11-12-20(17)21/h7-12,15,21H,4-6,13-14,25H2,1-3H3,(H,26,29)(H,27,28). The lowest BCUT2D eigenvalue weighted by atomic mass is 9.87. The molecule has 3 rings (SSSR count). The van der Waals surface area contributed by atoms with Gasteiger partial charge in [-0.25, -0.2) is 0 Å². The maximum atomic E-state index is 12.4. The molecular formula is C24H31N3O2. The number of benzene rings is 2. The Morgan fingerprint density at radius 2 is 1.83 bits per heavy atom. The molecule has 0 fully saturated rings. The van der Waals surface area contributed by atoms with Gasteiger partial charge in [0.1, 0.15) is 0 Å². The van der Waals surface area contributed by atoms with Crippen LogP contribution in [0, 0.1) is 0 Å². The highest BCUT2D eigenvalue weighted by molar-refractivity contribution is 5.94. The van der Waals surface area contributed by atoms with Crippen LogP contribution in [0.2, 0.25) is 0 Å². The fourth-order valence-corrected chi connectivity index (χ4v) is 3.76. The van der Waals surface area contributed by atoms with Gasteiger partial charge in [-0.2, -0.15) is 0 Å². The maximum absolute atomic E-state index is 12.4. The van der Waals surface area contributed by atoms with E-state index in [1.807, 2.05) is 42.5 Å². The molecule has 0 aliphatic heterocycles. The molecule has 0 aromatic heterocycles. The summed E-state index contributed by atoms with van der Waals surface area (Å²) in [6.45, 7) is 6.73. The monoisotopic (exact) mass is 393 g/mol. The zero-order valence-corrected chi connectivity index (χ0v) is 17.5. The van der Waals surface area contributed by atoms with E-state index < -0.39 is 0 Å². The zero-order chi connectivity index (χ0) is 21.0. The van der Waals surface area contributed by atoms with Crippen molar-refractivity contribution in [2.75, 3.05) is 12.3 Å². The summed E-state index contributed by atoms with van der Waals surface area (Å²) in [4.78, 5) is 24.7. The third kappa shape index (κ3) is 5.37. The molecule has 2 aromatic carbocycles. The fourth-order valence-electron chi connectivity index (χ4n) is 3.76. The Kier molecular flexibility index (Phi) is 6.26. The lowest BCUT2D eigenvalue weighted by molar-refractivity contribution is -0.121. The van der Waals surface area contributed by atoms with E-state index in [0.717, 1.165) is 30.5 Å². The SMILES string of the molecule is CC(C)(C)c1ccc(C(=O)NCCC(=O)NC2CCCc3cc(N)ccc32)cc1.